The van der Waals surface area contributed by atoms with Gasteiger partial charge in [-0.1, -0.05) is 30.3 Å². The van der Waals surface area contributed by atoms with Gasteiger partial charge in [-0.05, 0) is 31.4 Å². The molecular formula is C13H17NO. The number of hydrogen-bond donors (Lipinski definition) is 1. The Hall–Kier alpha value is -0.860. The van der Waals surface area contributed by atoms with Crippen molar-refractivity contribution < 1.29 is 4.74 Å². The third-order valence-electron chi connectivity index (χ3n) is 3.50. The van der Waals surface area contributed by atoms with Crippen LogP contribution in [-0.4, -0.2) is 18.7 Å². The Bertz CT molecular complexity index is 311. The SMILES string of the molecule is c1ccc([C@@H]2C[C@@H]3NCCC[C@H]3O2)cc1. The predicted molar refractivity (Wildman–Crippen MR) is 59.7 cm³/mol. The van der Waals surface area contributed by atoms with Crippen LogP contribution in [0.25, 0.3) is 0 Å². The first-order valence-corrected chi connectivity index (χ1v) is 5.87. The van der Waals surface area contributed by atoms with Crippen molar-refractivity contribution in [2.45, 2.75) is 37.5 Å². The molecule has 1 aromatic rings. The number of piperidine rings is 1. The molecule has 15 heavy (non-hydrogen) atoms. The minimum atomic E-state index is 0.312. The Balaban J connectivity index is 1.75. The van der Waals surface area contributed by atoms with Gasteiger partial charge in [-0.25, -0.2) is 0 Å². The zero-order valence-corrected chi connectivity index (χ0v) is 8.86. The molecule has 2 aliphatic heterocycles. The number of ether oxygens (including phenoxy) is 1. The van der Waals surface area contributed by atoms with E-state index < -0.39 is 0 Å². The van der Waals surface area contributed by atoms with Crippen molar-refractivity contribution in [3.05, 3.63) is 35.9 Å². The van der Waals surface area contributed by atoms with Gasteiger partial charge in [-0.3, -0.25) is 0 Å². The second-order valence-corrected chi connectivity index (χ2v) is 4.51. The maximum Gasteiger partial charge on any atom is 0.0845 e. The van der Waals surface area contributed by atoms with E-state index in [1.54, 1.807) is 0 Å². The van der Waals surface area contributed by atoms with Crippen molar-refractivity contribution in [3.63, 3.8) is 0 Å². The number of rotatable bonds is 1. The van der Waals surface area contributed by atoms with E-state index in [9.17, 15) is 0 Å². The molecule has 2 heteroatoms. The highest BCUT2D eigenvalue weighted by molar-refractivity contribution is 5.19. The first kappa shape index (κ1) is 9.37. The molecule has 2 aliphatic rings. The summed E-state index contributed by atoms with van der Waals surface area (Å²) in [6.45, 7) is 1.16. The van der Waals surface area contributed by atoms with Gasteiger partial charge in [-0.15, -0.1) is 0 Å². The number of nitrogens with one attached hydrogen (secondary N) is 1. The molecule has 1 aromatic carbocycles. The first-order valence-electron chi connectivity index (χ1n) is 5.87. The molecule has 2 nitrogen and oxygen atoms in total. The van der Waals surface area contributed by atoms with Crippen molar-refractivity contribution in [3.8, 4) is 0 Å². The molecule has 0 unspecified atom stereocenters. The Morgan fingerprint density at radius 1 is 1.20 bits per heavy atom. The van der Waals surface area contributed by atoms with Crippen LogP contribution in [0.3, 0.4) is 0 Å². The Labute approximate surface area is 90.6 Å². The monoisotopic (exact) mass is 203 g/mol. The largest absolute Gasteiger partial charge is 0.369 e. The van der Waals surface area contributed by atoms with Crippen LogP contribution in [0.2, 0.25) is 0 Å². The Morgan fingerprint density at radius 3 is 2.87 bits per heavy atom. The fourth-order valence-corrected chi connectivity index (χ4v) is 2.70. The molecule has 0 aromatic heterocycles. The predicted octanol–water partition coefficient (Wildman–Crippen LogP) is 2.27. The van der Waals surface area contributed by atoms with Crippen LogP contribution in [0.15, 0.2) is 30.3 Å². The highest BCUT2D eigenvalue weighted by atomic mass is 16.5. The second kappa shape index (κ2) is 3.95. The fraction of sp³-hybridized carbons (Fsp3) is 0.538. The number of benzene rings is 1. The van der Waals surface area contributed by atoms with E-state index in [0.717, 1.165) is 13.0 Å². The zero-order chi connectivity index (χ0) is 10.1. The topological polar surface area (TPSA) is 21.3 Å². The first-order chi connectivity index (χ1) is 7.43. The van der Waals surface area contributed by atoms with Crippen LogP contribution >= 0.6 is 0 Å². The normalized spacial score (nSPS) is 35.1. The second-order valence-electron chi connectivity index (χ2n) is 4.51. The highest BCUT2D eigenvalue weighted by Crippen LogP contribution is 2.35. The fourth-order valence-electron chi connectivity index (χ4n) is 2.70. The summed E-state index contributed by atoms with van der Waals surface area (Å²) >= 11 is 0. The van der Waals surface area contributed by atoms with Crippen molar-refractivity contribution in [2.75, 3.05) is 6.54 Å². The number of hydrogen-bond acceptors (Lipinski definition) is 2. The molecule has 3 rings (SSSR count). The molecule has 2 fully saturated rings. The lowest BCUT2D eigenvalue weighted by Gasteiger charge is -2.24. The van der Waals surface area contributed by atoms with E-state index in [1.165, 1.54) is 18.4 Å². The molecule has 80 valence electrons. The molecule has 0 bridgehead atoms. The lowest BCUT2D eigenvalue weighted by molar-refractivity contribution is 0.0259. The molecule has 1 N–H and O–H groups in total. The van der Waals surface area contributed by atoms with E-state index in [4.69, 9.17) is 4.74 Å². The minimum Gasteiger partial charge on any atom is -0.369 e. The van der Waals surface area contributed by atoms with E-state index in [2.05, 4.69) is 35.6 Å². The van der Waals surface area contributed by atoms with Crippen molar-refractivity contribution in [1.82, 2.24) is 5.32 Å². The highest BCUT2D eigenvalue weighted by Gasteiger charge is 2.36. The van der Waals surface area contributed by atoms with Gasteiger partial charge in [0.15, 0.2) is 0 Å². The molecule has 0 spiro atoms. The lowest BCUT2D eigenvalue weighted by atomic mass is 9.98. The summed E-state index contributed by atoms with van der Waals surface area (Å²) in [5.41, 5.74) is 1.33. The van der Waals surface area contributed by atoms with Crippen molar-refractivity contribution >= 4 is 0 Å². The van der Waals surface area contributed by atoms with E-state index in [-0.39, 0.29) is 0 Å². The molecule has 0 aliphatic carbocycles. The smallest absolute Gasteiger partial charge is 0.0845 e. The summed E-state index contributed by atoms with van der Waals surface area (Å²) in [6, 6.07) is 11.2. The van der Waals surface area contributed by atoms with E-state index >= 15 is 0 Å². The average molecular weight is 203 g/mol. The molecule has 2 heterocycles. The van der Waals surface area contributed by atoms with Crippen LogP contribution in [0.4, 0.5) is 0 Å². The lowest BCUT2D eigenvalue weighted by Crippen LogP contribution is -2.41. The Morgan fingerprint density at radius 2 is 2.07 bits per heavy atom. The minimum absolute atomic E-state index is 0.312. The summed E-state index contributed by atoms with van der Waals surface area (Å²) in [5, 5.41) is 3.56. The summed E-state index contributed by atoms with van der Waals surface area (Å²) in [4.78, 5) is 0. The number of fused-ring (bicyclic) bond motifs is 1. The van der Waals surface area contributed by atoms with Crippen LogP contribution in [0.1, 0.15) is 30.9 Å². The van der Waals surface area contributed by atoms with Crippen LogP contribution in [-0.2, 0) is 4.74 Å². The zero-order valence-electron chi connectivity index (χ0n) is 8.86. The Kier molecular flexibility index (Phi) is 2.47. The van der Waals surface area contributed by atoms with Gasteiger partial charge in [0.1, 0.15) is 0 Å². The van der Waals surface area contributed by atoms with Crippen LogP contribution in [0.5, 0.6) is 0 Å². The average Bonchev–Trinajstić information content (AvgIpc) is 2.74. The maximum absolute atomic E-state index is 6.09. The van der Waals surface area contributed by atoms with Crippen LogP contribution < -0.4 is 5.32 Å². The standard InChI is InChI=1S/C13H17NO/c1-2-5-10(6-3-1)13-9-11-12(15-13)7-4-8-14-11/h1-3,5-6,11-14H,4,7-9H2/t11-,12+,13-/m0/s1. The molecular weight excluding hydrogens is 186 g/mol. The molecule has 2 saturated heterocycles. The van der Waals surface area contributed by atoms with Gasteiger partial charge < -0.3 is 10.1 Å². The summed E-state index contributed by atoms with van der Waals surface area (Å²) in [7, 11) is 0. The van der Waals surface area contributed by atoms with Gasteiger partial charge in [-0.2, -0.15) is 0 Å². The molecule has 0 saturated carbocycles. The van der Waals surface area contributed by atoms with Gasteiger partial charge in [0.05, 0.1) is 12.2 Å². The van der Waals surface area contributed by atoms with Crippen molar-refractivity contribution in [2.24, 2.45) is 0 Å². The van der Waals surface area contributed by atoms with Crippen LogP contribution in [0, 0.1) is 0 Å². The maximum atomic E-state index is 6.09. The van der Waals surface area contributed by atoms with Crippen molar-refractivity contribution in [1.29, 1.82) is 0 Å². The third-order valence-corrected chi connectivity index (χ3v) is 3.50. The van der Waals surface area contributed by atoms with Gasteiger partial charge >= 0.3 is 0 Å². The van der Waals surface area contributed by atoms with Gasteiger partial charge in [0.2, 0.25) is 0 Å². The third kappa shape index (κ3) is 1.80. The van der Waals surface area contributed by atoms with Gasteiger partial charge in [0.25, 0.3) is 0 Å². The molecule has 3 atom stereocenters. The molecule has 0 amide bonds. The van der Waals surface area contributed by atoms with Gasteiger partial charge in [0, 0.05) is 6.04 Å². The summed E-state index contributed by atoms with van der Waals surface area (Å²) in [5.74, 6) is 0. The quantitative estimate of drug-likeness (QED) is 0.756. The van der Waals surface area contributed by atoms with E-state index in [1.807, 2.05) is 0 Å². The summed E-state index contributed by atoms with van der Waals surface area (Å²) in [6.07, 6.45) is 4.37. The summed E-state index contributed by atoms with van der Waals surface area (Å²) < 4.78 is 6.09. The molecule has 0 radical (unpaired) electrons. The van der Waals surface area contributed by atoms with E-state index in [0.29, 0.717) is 18.2 Å².